The molecule has 0 aliphatic carbocycles. The first-order valence-electron chi connectivity index (χ1n) is 6.37. The summed E-state index contributed by atoms with van der Waals surface area (Å²) in [5.74, 6) is 0.754. The quantitative estimate of drug-likeness (QED) is 0.680. The molecular weight excluding hydrogens is 306 g/mol. The lowest BCUT2D eigenvalue weighted by atomic mass is 10.3. The summed E-state index contributed by atoms with van der Waals surface area (Å²) in [4.78, 5) is 18.4. The van der Waals surface area contributed by atoms with Crippen molar-refractivity contribution in [2.24, 2.45) is 0 Å². The second-order valence-corrected chi connectivity index (χ2v) is 6.03. The van der Waals surface area contributed by atoms with Crippen LogP contribution in [0.25, 0.3) is 0 Å². The molecule has 2 amide bonds. The van der Waals surface area contributed by atoms with Crippen LogP contribution in [0, 0.1) is 0 Å². The van der Waals surface area contributed by atoms with Crippen LogP contribution in [0.4, 0.5) is 10.5 Å². The van der Waals surface area contributed by atoms with Crippen LogP contribution in [0.2, 0.25) is 5.15 Å². The molecule has 0 saturated carbocycles. The lowest BCUT2D eigenvalue weighted by Crippen LogP contribution is -2.27. The van der Waals surface area contributed by atoms with E-state index in [9.17, 15) is 4.79 Å². The number of nitrogens with one attached hydrogen (secondary N) is 1. The van der Waals surface area contributed by atoms with Gasteiger partial charge in [-0.1, -0.05) is 17.7 Å². The predicted molar refractivity (Wildman–Crippen MR) is 88.0 cm³/mol. The van der Waals surface area contributed by atoms with E-state index < -0.39 is 0 Å². The zero-order chi connectivity index (χ0) is 15.2. The van der Waals surface area contributed by atoms with Crippen molar-refractivity contribution in [1.82, 2.24) is 9.88 Å². The Morgan fingerprint density at radius 2 is 1.95 bits per heavy atom. The number of rotatable bonds is 4. The first kappa shape index (κ1) is 15.7. The molecule has 0 spiro atoms. The summed E-state index contributed by atoms with van der Waals surface area (Å²) in [5, 5.41) is 3.31. The van der Waals surface area contributed by atoms with Gasteiger partial charge in [0, 0.05) is 30.4 Å². The largest absolute Gasteiger partial charge is 0.331 e. The van der Waals surface area contributed by atoms with Crippen LogP contribution in [0.3, 0.4) is 0 Å². The molecule has 0 radical (unpaired) electrons. The number of pyridine rings is 1. The second kappa shape index (κ2) is 7.33. The van der Waals surface area contributed by atoms with E-state index in [1.165, 1.54) is 4.90 Å². The number of amides is 2. The van der Waals surface area contributed by atoms with Crippen LogP contribution in [-0.4, -0.2) is 30.0 Å². The van der Waals surface area contributed by atoms with Gasteiger partial charge in [-0.15, -0.1) is 11.8 Å². The minimum absolute atomic E-state index is 0.140. The minimum atomic E-state index is -0.140. The number of nitrogens with zero attached hydrogens (tertiary/aromatic N) is 2. The van der Waals surface area contributed by atoms with Gasteiger partial charge in [-0.25, -0.2) is 9.78 Å². The molecule has 0 aliphatic heterocycles. The molecule has 2 rings (SSSR count). The van der Waals surface area contributed by atoms with Crippen molar-refractivity contribution in [1.29, 1.82) is 0 Å². The predicted octanol–water partition coefficient (Wildman–Crippen LogP) is 4.12. The maximum absolute atomic E-state index is 11.5. The van der Waals surface area contributed by atoms with E-state index in [-0.39, 0.29) is 6.03 Å². The number of anilines is 1. The molecule has 21 heavy (non-hydrogen) atoms. The first-order chi connectivity index (χ1) is 10.0. The topological polar surface area (TPSA) is 45.2 Å². The van der Waals surface area contributed by atoms with Crippen molar-refractivity contribution >= 4 is 35.1 Å². The monoisotopic (exact) mass is 321 g/mol. The molecule has 0 saturated heterocycles. The molecule has 0 aliphatic rings. The number of benzene rings is 1. The van der Waals surface area contributed by atoms with Crippen molar-refractivity contribution in [2.75, 3.05) is 19.4 Å². The summed E-state index contributed by atoms with van der Waals surface area (Å²) in [7, 11) is 3.41. The summed E-state index contributed by atoms with van der Waals surface area (Å²) in [5.41, 5.74) is 1.72. The Kier molecular flexibility index (Phi) is 5.47. The summed E-state index contributed by atoms with van der Waals surface area (Å²) < 4.78 is 0. The van der Waals surface area contributed by atoms with E-state index in [2.05, 4.69) is 10.3 Å². The van der Waals surface area contributed by atoms with Crippen LogP contribution < -0.4 is 5.32 Å². The molecule has 1 aromatic carbocycles. The number of aromatic nitrogens is 1. The van der Waals surface area contributed by atoms with Gasteiger partial charge in [-0.05, 0) is 36.4 Å². The highest BCUT2D eigenvalue weighted by molar-refractivity contribution is 7.98. The lowest BCUT2D eigenvalue weighted by molar-refractivity contribution is 0.230. The number of hydrogen-bond donors (Lipinski definition) is 1. The highest BCUT2D eigenvalue weighted by Crippen LogP contribution is 2.24. The average Bonchev–Trinajstić information content (AvgIpc) is 2.46. The molecule has 2 aromatic rings. The Bertz CT molecular complexity index is 617. The molecule has 0 bridgehead atoms. The third-order valence-corrected chi connectivity index (χ3v) is 3.93. The Morgan fingerprint density at radius 3 is 2.57 bits per heavy atom. The van der Waals surface area contributed by atoms with Gasteiger partial charge in [0.15, 0.2) is 0 Å². The summed E-state index contributed by atoms with van der Waals surface area (Å²) in [6.45, 7) is 0. The number of halogens is 1. The Hall–Kier alpha value is -1.72. The molecule has 0 unspecified atom stereocenters. The van der Waals surface area contributed by atoms with E-state index in [1.807, 2.05) is 36.4 Å². The van der Waals surface area contributed by atoms with Crippen LogP contribution in [0.5, 0.6) is 0 Å². The number of thioether (sulfide) groups is 1. The van der Waals surface area contributed by atoms with Gasteiger partial charge in [-0.2, -0.15) is 0 Å². The highest BCUT2D eigenvalue weighted by Gasteiger charge is 2.04. The van der Waals surface area contributed by atoms with Crippen LogP contribution in [-0.2, 0) is 5.75 Å². The summed E-state index contributed by atoms with van der Waals surface area (Å²) in [6, 6.07) is 13.2. The van der Waals surface area contributed by atoms with Gasteiger partial charge >= 0.3 is 6.03 Å². The summed E-state index contributed by atoms with van der Waals surface area (Å²) >= 11 is 7.53. The van der Waals surface area contributed by atoms with Crippen molar-refractivity contribution in [3.05, 3.63) is 53.3 Å². The maximum Gasteiger partial charge on any atom is 0.321 e. The Labute approximate surface area is 133 Å². The smallest absolute Gasteiger partial charge is 0.321 e. The minimum Gasteiger partial charge on any atom is -0.331 e. The summed E-state index contributed by atoms with van der Waals surface area (Å²) in [6.07, 6.45) is 0. The van der Waals surface area contributed by atoms with E-state index in [1.54, 1.807) is 31.9 Å². The average molecular weight is 322 g/mol. The molecule has 110 valence electrons. The first-order valence-corrected chi connectivity index (χ1v) is 7.73. The Morgan fingerprint density at radius 1 is 1.24 bits per heavy atom. The van der Waals surface area contributed by atoms with Crippen molar-refractivity contribution in [2.45, 2.75) is 10.6 Å². The van der Waals surface area contributed by atoms with Crippen molar-refractivity contribution < 1.29 is 4.79 Å². The number of hydrogen-bond acceptors (Lipinski definition) is 3. The van der Waals surface area contributed by atoms with Gasteiger partial charge in [-0.3, -0.25) is 0 Å². The molecule has 1 N–H and O–H groups in total. The van der Waals surface area contributed by atoms with Gasteiger partial charge < -0.3 is 10.2 Å². The lowest BCUT2D eigenvalue weighted by Gasteiger charge is -2.12. The fraction of sp³-hybridized carbons (Fsp3) is 0.200. The van der Waals surface area contributed by atoms with Crippen LogP contribution >= 0.6 is 23.4 Å². The van der Waals surface area contributed by atoms with Gasteiger partial charge in [0.05, 0.1) is 5.69 Å². The number of carbonyl (C=O) groups is 1. The third-order valence-electron chi connectivity index (χ3n) is 2.67. The standard InChI is InChI=1S/C15H16ClN3OS/c1-19(2)15(20)18-11-6-8-13(9-7-11)21-10-12-4-3-5-14(16)17-12/h3-9H,10H2,1-2H3,(H,18,20). The molecule has 1 heterocycles. The van der Waals surface area contributed by atoms with E-state index >= 15 is 0 Å². The fourth-order valence-corrected chi connectivity index (χ4v) is 2.54. The van der Waals surface area contributed by atoms with E-state index in [0.717, 1.165) is 22.0 Å². The second-order valence-electron chi connectivity index (χ2n) is 4.59. The molecular formula is C15H16ClN3OS. The molecule has 6 heteroatoms. The fourth-order valence-electron chi connectivity index (χ4n) is 1.56. The SMILES string of the molecule is CN(C)C(=O)Nc1ccc(SCc2cccc(Cl)n2)cc1. The van der Waals surface area contributed by atoms with E-state index in [4.69, 9.17) is 11.6 Å². The third kappa shape index (κ3) is 4.95. The molecule has 0 atom stereocenters. The van der Waals surface area contributed by atoms with Crippen molar-refractivity contribution in [3.63, 3.8) is 0 Å². The van der Waals surface area contributed by atoms with Crippen LogP contribution in [0.1, 0.15) is 5.69 Å². The molecule has 0 fully saturated rings. The molecule has 4 nitrogen and oxygen atoms in total. The van der Waals surface area contributed by atoms with Gasteiger partial charge in [0.2, 0.25) is 0 Å². The number of carbonyl (C=O) groups excluding carboxylic acids is 1. The highest BCUT2D eigenvalue weighted by atomic mass is 35.5. The van der Waals surface area contributed by atoms with Gasteiger partial charge in [0.1, 0.15) is 5.15 Å². The van der Waals surface area contributed by atoms with E-state index in [0.29, 0.717) is 5.15 Å². The zero-order valence-corrected chi connectivity index (χ0v) is 13.4. The Balaban J connectivity index is 1.92. The normalized spacial score (nSPS) is 10.2. The maximum atomic E-state index is 11.5. The molecule has 1 aromatic heterocycles. The van der Waals surface area contributed by atoms with Crippen LogP contribution in [0.15, 0.2) is 47.4 Å². The van der Waals surface area contributed by atoms with Crippen molar-refractivity contribution in [3.8, 4) is 0 Å². The number of urea groups is 1. The zero-order valence-electron chi connectivity index (χ0n) is 11.8. The van der Waals surface area contributed by atoms with Gasteiger partial charge in [0.25, 0.3) is 0 Å².